The number of piperidine rings is 1. The van der Waals surface area contributed by atoms with Gasteiger partial charge in [-0.25, -0.2) is 9.97 Å². The molecular weight excluding hydrogens is 302 g/mol. The summed E-state index contributed by atoms with van der Waals surface area (Å²) < 4.78 is 0. The van der Waals surface area contributed by atoms with Crippen molar-refractivity contribution in [3.8, 4) is 0 Å². The van der Waals surface area contributed by atoms with Crippen LogP contribution in [-0.2, 0) is 4.79 Å². The molecule has 6 heteroatoms. The van der Waals surface area contributed by atoms with Gasteiger partial charge in [0.25, 0.3) is 0 Å². The van der Waals surface area contributed by atoms with Crippen LogP contribution in [0.4, 0.5) is 0 Å². The standard InChI is InChI=1S/C15H19N3OS2/c1-10-3-6-18(7-4-10)13(19)9-21-15-12-5-8-20-14(12)16-11(2)17-15/h5,8,10H,3-4,6-7,9H2,1-2H3. The Bertz CT molecular complexity index is 647. The molecule has 0 saturated carbocycles. The van der Waals surface area contributed by atoms with Crippen LogP contribution in [0.1, 0.15) is 25.6 Å². The summed E-state index contributed by atoms with van der Waals surface area (Å²) in [4.78, 5) is 24.2. The van der Waals surface area contributed by atoms with Gasteiger partial charge in [-0.1, -0.05) is 18.7 Å². The van der Waals surface area contributed by atoms with Crippen molar-refractivity contribution < 1.29 is 4.79 Å². The van der Waals surface area contributed by atoms with E-state index in [9.17, 15) is 4.79 Å². The van der Waals surface area contributed by atoms with Gasteiger partial charge in [0, 0.05) is 18.5 Å². The summed E-state index contributed by atoms with van der Waals surface area (Å²) in [6, 6.07) is 2.04. The van der Waals surface area contributed by atoms with Gasteiger partial charge in [-0.05, 0) is 37.1 Å². The summed E-state index contributed by atoms with van der Waals surface area (Å²) in [5, 5.41) is 4.02. The van der Waals surface area contributed by atoms with Crippen LogP contribution in [0.5, 0.6) is 0 Å². The average molecular weight is 321 g/mol. The summed E-state index contributed by atoms with van der Waals surface area (Å²) in [7, 11) is 0. The number of likely N-dealkylation sites (tertiary alicyclic amines) is 1. The normalized spacial score (nSPS) is 16.6. The SMILES string of the molecule is Cc1nc(SCC(=O)N2CCC(C)CC2)c2ccsc2n1. The van der Waals surface area contributed by atoms with Crippen molar-refractivity contribution in [2.45, 2.75) is 31.7 Å². The number of nitrogens with zero attached hydrogens (tertiary/aromatic N) is 3. The first-order chi connectivity index (χ1) is 10.1. The largest absolute Gasteiger partial charge is 0.342 e. The molecule has 1 fully saturated rings. The molecule has 0 N–H and O–H groups in total. The molecule has 3 heterocycles. The highest BCUT2D eigenvalue weighted by Gasteiger charge is 2.20. The first kappa shape index (κ1) is 14.8. The smallest absolute Gasteiger partial charge is 0.232 e. The Labute approximate surface area is 133 Å². The highest BCUT2D eigenvalue weighted by Crippen LogP contribution is 2.29. The maximum absolute atomic E-state index is 12.3. The number of amides is 1. The first-order valence-corrected chi connectivity index (χ1v) is 9.12. The second-order valence-electron chi connectivity index (χ2n) is 5.57. The second kappa shape index (κ2) is 6.32. The van der Waals surface area contributed by atoms with Crippen LogP contribution in [-0.4, -0.2) is 39.6 Å². The van der Waals surface area contributed by atoms with E-state index in [2.05, 4.69) is 16.9 Å². The summed E-state index contributed by atoms with van der Waals surface area (Å²) in [6.07, 6.45) is 2.25. The average Bonchev–Trinajstić information content (AvgIpc) is 2.93. The van der Waals surface area contributed by atoms with Crippen LogP contribution in [0.15, 0.2) is 16.5 Å². The highest BCUT2D eigenvalue weighted by molar-refractivity contribution is 8.00. The summed E-state index contributed by atoms with van der Waals surface area (Å²) in [5.41, 5.74) is 0. The predicted octanol–water partition coefficient (Wildman–Crippen LogP) is 3.35. The lowest BCUT2D eigenvalue weighted by molar-refractivity contribution is -0.129. The van der Waals surface area contributed by atoms with E-state index in [0.29, 0.717) is 5.75 Å². The molecule has 4 nitrogen and oxygen atoms in total. The van der Waals surface area contributed by atoms with Crippen LogP contribution >= 0.6 is 23.1 Å². The monoisotopic (exact) mass is 321 g/mol. The topological polar surface area (TPSA) is 46.1 Å². The van der Waals surface area contributed by atoms with Gasteiger partial charge in [0.05, 0.1) is 5.75 Å². The molecule has 0 aromatic carbocycles. The summed E-state index contributed by atoms with van der Waals surface area (Å²) in [6.45, 7) is 5.96. The maximum atomic E-state index is 12.3. The molecule has 112 valence electrons. The zero-order chi connectivity index (χ0) is 14.8. The molecule has 0 spiro atoms. The number of aryl methyl sites for hydroxylation is 1. The van der Waals surface area contributed by atoms with Gasteiger partial charge in [0.2, 0.25) is 5.91 Å². The van der Waals surface area contributed by atoms with Gasteiger partial charge >= 0.3 is 0 Å². The number of hydrogen-bond acceptors (Lipinski definition) is 5. The van der Waals surface area contributed by atoms with Gasteiger partial charge in [0.15, 0.2) is 0 Å². The van der Waals surface area contributed by atoms with E-state index in [1.165, 1.54) is 11.8 Å². The van der Waals surface area contributed by atoms with E-state index >= 15 is 0 Å². The van der Waals surface area contributed by atoms with Crippen molar-refractivity contribution in [3.63, 3.8) is 0 Å². The summed E-state index contributed by atoms with van der Waals surface area (Å²) >= 11 is 3.15. The molecular formula is C15H19N3OS2. The van der Waals surface area contributed by atoms with E-state index in [-0.39, 0.29) is 5.91 Å². The number of rotatable bonds is 3. The van der Waals surface area contributed by atoms with E-state index in [1.807, 2.05) is 23.3 Å². The molecule has 0 atom stereocenters. The molecule has 3 rings (SSSR count). The van der Waals surface area contributed by atoms with Gasteiger partial charge in [-0.3, -0.25) is 4.79 Å². The predicted molar refractivity (Wildman–Crippen MR) is 87.9 cm³/mol. The number of thioether (sulfide) groups is 1. The molecule has 1 aliphatic heterocycles. The molecule has 0 unspecified atom stereocenters. The van der Waals surface area contributed by atoms with Crippen LogP contribution in [0.3, 0.4) is 0 Å². The molecule has 0 aliphatic carbocycles. The number of aromatic nitrogens is 2. The third-order valence-electron chi connectivity index (χ3n) is 3.87. The van der Waals surface area contributed by atoms with Crippen molar-refractivity contribution in [2.75, 3.05) is 18.8 Å². The number of carbonyl (C=O) groups excluding carboxylic acids is 1. The fourth-order valence-electron chi connectivity index (χ4n) is 2.52. The molecule has 0 bridgehead atoms. The highest BCUT2D eigenvalue weighted by atomic mass is 32.2. The molecule has 21 heavy (non-hydrogen) atoms. The molecule has 1 aliphatic rings. The molecule has 0 radical (unpaired) electrons. The second-order valence-corrected chi connectivity index (χ2v) is 7.43. The zero-order valence-corrected chi connectivity index (χ0v) is 14.0. The van der Waals surface area contributed by atoms with Crippen LogP contribution in [0.2, 0.25) is 0 Å². The zero-order valence-electron chi connectivity index (χ0n) is 12.3. The lowest BCUT2D eigenvalue weighted by Gasteiger charge is -2.30. The number of fused-ring (bicyclic) bond motifs is 1. The van der Waals surface area contributed by atoms with E-state index < -0.39 is 0 Å². The van der Waals surface area contributed by atoms with Gasteiger partial charge < -0.3 is 4.90 Å². The minimum absolute atomic E-state index is 0.228. The van der Waals surface area contributed by atoms with Crippen molar-refractivity contribution >= 4 is 39.2 Å². The Balaban J connectivity index is 1.66. The molecule has 1 saturated heterocycles. The fourth-order valence-corrected chi connectivity index (χ4v) is 4.35. The van der Waals surface area contributed by atoms with Crippen molar-refractivity contribution in [3.05, 3.63) is 17.3 Å². The van der Waals surface area contributed by atoms with E-state index in [4.69, 9.17) is 0 Å². The van der Waals surface area contributed by atoms with Crippen LogP contribution < -0.4 is 0 Å². The Morgan fingerprint density at radius 3 is 2.95 bits per heavy atom. The Kier molecular flexibility index (Phi) is 4.45. The third kappa shape index (κ3) is 3.37. The lowest BCUT2D eigenvalue weighted by atomic mass is 9.99. The maximum Gasteiger partial charge on any atom is 0.232 e. The third-order valence-corrected chi connectivity index (χ3v) is 5.65. The van der Waals surface area contributed by atoms with Gasteiger partial charge in [-0.2, -0.15) is 0 Å². The summed E-state index contributed by atoms with van der Waals surface area (Å²) in [5.74, 6) is 2.21. The lowest BCUT2D eigenvalue weighted by Crippen LogP contribution is -2.38. The van der Waals surface area contributed by atoms with Crippen molar-refractivity contribution in [1.82, 2.24) is 14.9 Å². The van der Waals surface area contributed by atoms with E-state index in [1.54, 1.807) is 11.3 Å². The van der Waals surface area contributed by atoms with Crippen LogP contribution in [0, 0.1) is 12.8 Å². The van der Waals surface area contributed by atoms with Crippen molar-refractivity contribution in [1.29, 1.82) is 0 Å². The van der Waals surface area contributed by atoms with Crippen molar-refractivity contribution in [2.24, 2.45) is 5.92 Å². The minimum atomic E-state index is 0.228. The molecule has 2 aromatic heterocycles. The van der Waals surface area contributed by atoms with Gasteiger partial charge in [0.1, 0.15) is 15.7 Å². The quantitative estimate of drug-likeness (QED) is 0.642. The number of hydrogen-bond donors (Lipinski definition) is 0. The van der Waals surface area contributed by atoms with Crippen LogP contribution in [0.25, 0.3) is 10.2 Å². The molecule has 2 aromatic rings. The van der Waals surface area contributed by atoms with E-state index in [0.717, 1.165) is 52.9 Å². The number of carbonyl (C=O) groups is 1. The Morgan fingerprint density at radius 2 is 2.19 bits per heavy atom. The first-order valence-electron chi connectivity index (χ1n) is 7.26. The van der Waals surface area contributed by atoms with Gasteiger partial charge in [-0.15, -0.1) is 11.3 Å². The Morgan fingerprint density at radius 1 is 1.43 bits per heavy atom. The fraction of sp³-hybridized carbons (Fsp3) is 0.533. The Hall–Kier alpha value is -1.14. The minimum Gasteiger partial charge on any atom is -0.342 e. The molecule has 1 amide bonds. The number of thiophene rings is 1.